The fourth-order valence-corrected chi connectivity index (χ4v) is 2.37. The molecule has 0 saturated carbocycles. The minimum atomic E-state index is -1.53. The molecule has 138 valence electrons. The Labute approximate surface area is 151 Å². The summed E-state index contributed by atoms with van der Waals surface area (Å²) in [5.41, 5.74) is -2.08. The summed E-state index contributed by atoms with van der Waals surface area (Å²) in [6.07, 6.45) is 0. The number of hydrogen-bond acceptors (Lipinski definition) is 6. The quantitative estimate of drug-likeness (QED) is 0.508. The highest BCUT2D eigenvalue weighted by atomic mass is 16.5. The van der Waals surface area contributed by atoms with Crippen molar-refractivity contribution in [3.8, 4) is 0 Å². The van der Waals surface area contributed by atoms with Crippen molar-refractivity contribution >= 4 is 29.7 Å². The zero-order chi connectivity index (χ0) is 20.3. The molecule has 9 heteroatoms. The molecule has 0 aliphatic rings. The minimum absolute atomic E-state index is 0.125. The van der Waals surface area contributed by atoms with Crippen LogP contribution in [0, 0.1) is 0 Å². The number of carboxylic acids is 3. The third kappa shape index (κ3) is 3.82. The van der Waals surface area contributed by atoms with Gasteiger partial charge in [-0.25, -0.2) is 19.2 Å². The third-order valence-corrected chi connectivity index (χ3v) is 3.66. The van der Waals surface area contributed by atoms with E-state index in [0.717, 1.165) is 37.4 Å². The standard InChI is InChI=1S/C18H12O9/c1-27-18(26)11-5-3-9(7-13(11)17(24)25)14(19)8-2-4-10(15(20)21)12(6-8)16(22)23/h2-7H,1H3,(H,20,21)(H,22,23)(H,24,25). The van der Waals surface area contributed by atoms with Gasteiger partial charge in [0.25, 0.3) is 0 Å². The number of benzene rings is 2. The van der Waals surface area contributed by atoms with Gasteiger partial charge in [-0.3, -0.25) is 4.79 Å². The number of ketones is 1. The number of carbonyl (C=O) groups is 5. The van der Waals surface area contributed by atoms with E-state index in [1.807, 2.05) is 0 Å². The van der Waals surface area contributed by atoms with Gasteiger partial charge in [0.05, 0.1) is 29.4 Å². The minimum Gasteiger partial charge on any atom is -0.478 e. The van der Waals surface area contributed by atoms with E-state index in [-0.39, 0.29) is 16.7 Å². The normalized spacial score (nSPS) is 10.1. The van der Waals surface area contributed by atoms with E-state index in [1.54, 1.807) is 0 Å². The molecule has 2 rings (SSSR count). The lowest BCUT2D eigenvalue weighted by molar-refractivity contribution is 0.0582. The van der Waals surface area contributed by atoms with E-state index in [2.05, 4.69) is 4.74 Å². The van der Waals surface area contributed by atoms with Crippen molar-refractivity contribution < 1.29 is 44.0 Å². The summed E-state index contributed by atoms with van der Waals surface area (Å²) in [5, 5.41) is 27.4. The zero-order valence-electron chi connectivity index (χ0n) is 13.8. The molecule has 0 atom stereocenters. The largest absolute Gasteiger partial charge is 0.478 e. The Hall–Kier alpha value is -4.01. The highest BCUT2D eigenvalue weighted by Gasteiger charge is 2.22. The average Bonchev–Trinajstić information content (AvgIpc) is 2.65. The number of carboxylic acid groups (broad SMARTS) is 3. The molecule has 3 N–H and O–H groups in total. The van der Waals surface area contributed by atoms with Crippen LogP contribution in [0.15, 0.2) is 36.4 Å². The van der Waals surface area contributed by atoms with Crippen LogP contribution in [-0.4, -0.2) is 52.1 Å². The molecule has 27 heavy (non-hydrogen) atoms. The maximum atomic E-state index is 12.6. The van der Waals surface area contributed by atoms with Crippen molar-refractivity contribution in [1.29, 1.82) is 0 Å². The van der Waals surface area contributed by atoms with Gasteiger partial charge in [-0.2, -0.15) is 0 Å². The molecular formula is C18H12O9. The fourth-order valence-electron chi connectivity index (χ4n) is 2.37. The number of esters is 1. The molecule has 0 spiro atoms. The maximum Gasteiger partial charge on any atom is 0.338 e. The summed E-state index contributed by atoms with van der Waals surface area (Å²) in [6.45, 7) is 0. The lowest BCUT2D eigenvalue weighted by atomic mass is 9.95. The molecule has 0 radical (unpaired) electrons. The third-order valence-electron chi connectivity index (χ3n) is 3.66. The van der Waals surface area contributed by atoms with E-state index in [0.29, 0.717) is 0 Å². The van der Waals surface area contributed by atoms with Crippen LogP contribution in [0.4, 0.5) is 0 Å². The summed E-state index contributed by atoms with van der Waals surface area (Å²) >= 11 is 0. The van der Waals surface area contributed by atoms with Gasteiger partial charge in [0.2, 0.25) is 0 Å². The molecule has 0 bridgehead atoms. The first-order valence-electron chi connectivity index (χ1n) is 7.28. The Kier molecular flexibility index (Phi) is 5.35. The average molecular weight is 372 g/mol. The molecule has 0 aromatic heterocycles. The van der Waals surface area contributed by atoms with Crippen LogP contribution in [0.1, 0.15) is 57.4 Å². The number of ether oxygens (including phenoxy) is 1. The highest BCUT2D eigenvalue weighted by Crippen LogP contribution is 2.19. The molecule has 9 nitrogen and oxygen atoms in total. The molecule has 0 fully saturated rings. The van der Waals surface area contributed by atoms with Crippen LogP contribution >= 0.6 is 0 Å². The van der Waals surface area contributed by atoms with Gasteiger partial charge in [-0.05, 0) is 24.3 Å². The molecular weight excluding hydrogens is 360 g/mol. The van der Waals surface area contributed by atoms with E-state index in [4.69, 9.17) is 10.2 Å². The van der Waals surface area contributed by atoms with Crippen LogP contribution < -0.4 is 0 Å². The van der Waals surface area contributed by atoms with E-state index in [1.165, 1.54) is 6.07 Å². The monoisotopic (exact) mass is 372 g/mol. The smallest absolute Gasteiger partial charge is 0.338 e. The topological polar surface area (TPSA) is 155 Å². The summed E-state index contributed by atoms with van der Waals surface area (Å²) in [5.74, 6) is -6.10. The molecule has 0 unspecified atom stereocenters. The lowest BCUT2D eigenvalue weighted by Crippen LogP contribution is -2.13. The van der Waals surface area contributed by atoms with Crippen LogP contribution in [0.25, 0.3) is 0 Å². The van der Waals surface area contributed by atoms with Crippen molar-refractivity contribution in [1.82, 2.24) is 0 Å². The van der Waals surface area contributed by atoms with Crippen molar-refractivity contribution in [3.63, 3.8) is 0 Å². The second-order valence-corrected chi connectivity index (χ2v) is 5.26. The Bertz CT molecular complexity index is 988. The Morgan fingerprint density at radius 3 is 1.48 bits per heavy atom. The first kappa shape index (κ1) is 19.3. The van der Waals surface area contributed by atoms with Crippen LogP contribution in [0.2, 0.25) is 0 Å². The molecule has 2 aromatic carbocycles. The molecule has 2 aromatic rings. The first-order valence-corrected chi connectivity index (χ1v) is 7.28. The summed E-state index contributed by atoms with van der Waals surface area (Å²) in [4.78, 5) is 57.9. The van der Waals surface area contributed by atoms with Gasteiger partial charge in [-0.1, -0.05) is 12.1 Å². The number of methoxy groups -OCH3 is 1. The van der Waals surface area contributed by atoms with Gasteiger partial charge in [0, 0.05) is 11.1 Å². The van der Waals surface area contributed by atoms with E-state index >= 15 is 0 Å². The van der Waals surface area contributed by atoms with Crippen molar-refractivity contribution in [2.24, 2.45) is 0 Å². The van der Waals surface area contributed by atoms with Crippen molar-refractivity contribution in [2.45, 2.75) is 0 Å². The molecule has 0 saturated heterocycles. The van der Waals surface area contributed by atoms with E-state index in [9.17, 15) is 29.1 Å². The van der Waals surface area contributed by atoms with Gasteiger partial charge in [0.15, 0.2) is 5.78 Å². The van der Waals surface area contributed by atoms with Gasteiger partial charge in [-0.15, -0.1) is 0 Å². The van der Waals surface area contributed by atoms with Gasteiger partial charge in [0.1, 0.15) is 0 Å². The van der Waals surface area contributed by atoms with E-state index < -0.39 is 46.4 Å². The van der Waals surface area contributed by atoms with Gasteiger partial charge >= 0.3 is 23.9 Å². The predicted molar refractivity (Wildman–Crippen MR) is 88.5 cm³/mol. The highest BCUT2D eigenvalue weighted by molar-refractivity contribution is 6.13. The Morgan fingerprint density at radius 2 is 1.07 bits per heavy atom. The van der Waals surface area contributed by atoms with Crippen LogP contribution in [0.5, 0.6) is 0 Å². The number of aromatic carboxylic acids is 3. The zero-order valence-corrected chi connectivity index (χ0v) is 13.8. The lowest BCUT2D eigenvalue weighted by Gasteiger charge is -2.08. The Balaban J connectivity index is 2.55. The van der Waals surface area contributed by atoms with Crippen LogP contribution in [-0.2, 0) is 4.74 Å². The van der Waals surface area contributed by atoms with Gasteiger partial charge < -0.3 is 20.1 Å². The summed E-state index contributed by atoms with van der Waals surface area (Å²) in [7, 11) is 1.07. The molecule has 0 aliphatic carbocycles. The predicted octanol–water partition coefficient (Wildman–Crippen LogP) is 1.80. The number of rotatable bonds is 6. The SMILES string of the molecule is COC(=O)c1ccc(C(=O)c2ccc(C(=O)O)c(C(=O)O)c2)cc1C(=O)O. The Morgan fingerprint density at radius 1 is 0.667 bits per heavy atom. The number of carbonyl (C=O) groups excluding carboxylic acids is 2. The first-order chi connectivity index (χ1) is 12.7. The molecule has 0 amide bonds. The second kappa shape index (κ2) is 7.48. The molecule has 0 heterocycles. The van der Waals surface area contributed by atoms with Crippen LogP contribution in [0.3, 0.4) is 0 Å². The molecule has 0 aliphatic heterocycles. The fraction of sp³-hybridized carbons (Fsp3) is 0.0556. The summed E-state index contributed by atoms with van der Waals surface area (Å²) in [6, 6.07) is 6.23. The summed E-state index contributed by atoms with van der Waals surface area (Å²) < 4.78 is 4.48. The second-order valence-electron chi connectivity index (χ2n) is 5.26. The maximum absolute atomic E-state index is 12.6. The van der Waals surface area contributed by atoms with Crippen molar-refractivity contribution in [2.75, 3.05) is 7.11 Å². The van der Waals surface area contributed by atoms with Crippen molar-refractivity contribution in [3.05, 3.63) is 69.8 Å². The number of hydrogen-bond donors (Lipinski definition) is 3.